The first-order valence-electron chi connectivity index (χ1n) is 8.96. The Balaban J connectivity index is 1.45. The van der Waals surface area contributed by atoms with Gasteiger partial charge in [-0.25, -0.2) is 4.79 Å². The van der Waals surface area contributed by atoms with Crippen molar-refractivity contribution in [3.63, 3.8) is 0 Å². The van der Waals surface area contributed by atoms with Crippen molar-refractivity contribution < 1.29 is 14.3 Å². The molecular weight excluding hydrogens is 320 g/mol. The zero-order chi connectivity index (χ0) is 17.6. The molecule has 0 bridgehead atoms. The van der Waals surface area contributed by atoms with Crippen LogP contribution in [0, 0.1) is 6.92 Å². The van der Waals surface area contributed by atoms with Crippen LogP contribution in [0.1, 0.15) is 17.8 Å². The van der Waals surface area contributed by atoms with E-state index in [4.69, 9.17) is 4.74 Å². The number of aromatic nitrogens is 1. The molecule has 25 heavy (non-hydrogen) atoms. The van der Waals surface area contributed by atoms with E-state index in [1.807, 2.05) is 24.0 Å². The van der Waals surface area contributed by atoms with Crippen molar-refractivity contribution in [1.29, 1.82) is 0 Å². The zero-order valence-electron chi connectivity index (χ0n) is 14.8. The van der Waals surface area contributed by atoms with Gasteiger partial charge in [0.15, 0.2) is 0 Å². The number of pyridine rings is 1. The van der Waals surface area contributed by atoms with Crippen LogP contribution in [-0.4, -0.2) is 84.1 Å². The number of rotatable bonds is 5. The molecule has 0 aliphatic carbocycles. The third-order valence-corrected chi connectivity index (χ3v) is 4.74. The summed E-state index contributed by atoms with van der Waals surface area (Å²) in [6.45, 7) is 7.30. The van der Waals surface area contributed by atoms with Crippen LogP contribution in [0.3, 0.4) is 0 Å². The van der Waals surface area contributed by atoms with Gasteiger partial charge in [0.05, 0.1) is 6.54 Å². The van der Waals surface area contributed by atoms with Gasteiger partial charge in [0.2, 0.25) is 5.91 Å². The lowest BCUT2D eigenvalue weighted by Gasteiger charge is -2.23. The van der Waals surface area contributed by atoms with Crippen molar-refractivity contribution >= 4 is 12.0 Å². The first-order valence-corrected chi connectivity index (χ1v) is 8.96. The number of carbonyl (C=O) groups is 2. The topological polar surface area (TPSA) is 66.0 Å². The van der Waals surface area contributed by atoms with Crippen LogP contribution in [0.25, 0.3) is 0 Å². The summed E-state index contributed by atoms with van der Waals surface area (Å²) in [5, 5.41) is 0. The van der Waals surface area contributed by atoms with Crippen LogP contribution in [0.15, 0.2) is 18.2 Å². The minimum absolute atomic E-state index is 0.0149. The van der Waals surface area contributed by atoms with Crippen LogP contribution in [-0.2, 0) is 16.0 Å². The summed E-state index contributed by atoms with van der Waals surface area (Å²) in [5.41, 5.74) is 2.16. The molecule has 2 fully saturated rings. The first-order chi connectivity index (χ1) is 12.1. The molecule has 0 aromatic carbocycles. The second-order valence-corrected chi connectivity index (χ2v) is 6.63. The maximum Gasteiger partial charge on any atom is 0.410 e. The Morgan fingerprint density at radius 3 is 2.84 bits per heavy atom. The molecule has 1 aromatic heterocycles. The fraction of sp³-hybridized carbons (Fsp3) is 0.611. The number of hydrogen-bond acceptors (Lipinski definition) is 5. The first kappa shape index (κ1) is 17.7. The summed E-state index contributed by atoms with van der Waals surface area (Å²) in [6.07, 6.45) is 1.50. The summed E-state index contributed by atoms with van der Waals surface area (Å²) < 4.78 is 4.88. The van der Waals surface area contributed by atoms with Gasteiger partial charge in [0.25, 0.3) is 0 Å². The summed E-state index contributed by atoms with van der Waals surface area (Å²) in [7, 11) is 0. The highest BCUT2D eigenvalue weighted by Gasteiger charge is 2.27. The minimum Gasteiger partial charge on any atom is -0.448 e. The number of cyclic esters (lactones) is 1. The third-order valence-electron chi connectivity index (χ3n) is 4.74. The molecule has 3 rings (SSSR count). The quantitative estimate of drug-likeness (QED) is 0.793. The molecule has 7 nitrogen and oxygen atoms in total. The monoisotopic (exact) mass is 346 g/mol. The Morgan fingerprint density at radius 2 is 2.08 bits per heavy atom. The molecule has 1 aromatic rings. The molecule has 0 N–H and O–H groups in total. The number of ether oxygens (including phenoxy) is 1. The lowest BCUT2D eigenvalue weighted by Crippen LogP contribution is -2.42. The molecule has 2 saturated heterocycles. The zero-order valence-corrected chi connectivity index (χ0v) is 14.8. The number of carbonyl (C=O) groups excluding carboxylic acids is 2. The highest BCUT2D eigenvalue weighted by Crippen LogP contribution is 2.08. The average molecular weight is 346 g/mol. The third kappa shape index (κ3) is 4.92. The molecule has 0 radical (unpaired) electrons. The van der Waals surface area contributed by atoms with E-state index in [-0.39, 0.29) is 18.5 Å². The minimum atomic E-state index is -0.379. The van der Waals surface area contributed by atoms with Crippen molar-refractivity contribution in [1.82, 2.24) is 19.7 Å². The van der Waals surface area contributed by atoms with E-state index in [2.05, 4.69) is 16.0 Å². The van der Waals surface area contributed by atoms with Crippen LogP contribution in [0.2, 0.25) is 0 Å². The van der Waals surface area contributed by atoms with Crippen LogP contribution < -0.4 is 0 Å². The highest BCUT2D eigenvalue weighted by molar-refractivity contribution is 5.82. The van der Waals surface area contributed by atoms with Gasteiger partial charge in [0.1, 0.15) is 13.2 Å². The van der Waals surface area contributed by atoms with E-state index in [0.717, 1.165) is 50.4 Å². The number of aryl methyl sites for hydroxylation is 1. The average Bonchev–Trinajstić information content (AvgIpc) is 2.85. The van der Waals surface area contributed by atoms with Crippen LogP contribution >= 0.6 is 0 Å². The Morgan fingerprint density at radius 1 is 1.20 bits per heavy atom. The maximum absolute atomic E-state index is 12.4. The Hall–Kier alpha value is -2.15. The molecule has 0 unspecified atom stereocenters. The van der Waals surface area contributed by atoms with Crippen molar-refractivity contribution in [2.75, 3.05) is 52.4 Å². The van der Waals surface area contributed by atoms with Gasteiger partial charge in [-0.15, -0.1) is 0 Å². The van der Waals surface area contributed by atoms with Gasteiger partial charge in [-0.05, 0) is 32.0 Å². The smallest absolute Gasteiger partial charge is 0.410 e. The summed E-state index contributed by atoms with van der Waals surface area (Å²) in [5.74, 6) is 0.0149. The standard InChI is InChI=1S/C18H26N4O3/c1-15-4-2-5-16(19-15)6-9-20-7-3-8-21(11-10-20)17(23)14-22-12-13-25-18(22)24/h2,4-5H,3,6-14H2,1H3. The molecule has 136 valence electrons. The molecule has 3 heterocycles. The number of amides is 2. The van der Waals surface area contributed by atoms with E-state index < -0.39 is 0 Å². The van der Waals surface area contributed by atoms with Crippen molar-refractivity contribution in [2.24, 2.45) is 0 Å². The Labute approximate surface area is 148 Å². The van der Waals surface area contributed by atoms with Gasteiger partial charge in [-0.1, -0.05) is 6.07 Å². The fourth-order valence-electron chi connectivity index (χ4n) is 3.29. The molecule has 2 amide bonds. The molecule has 2 aliphatic rings. The molecule has 0 atom stereocenters. The van der Waals surface area contributed by atoms with Crippen molar-refractivity contribution in [3.05, 3.63) is 29.6 Å². The summed E-state index contributed by atoms with van der Waals surface area (Å²) >= 11 is 0. The highest BCUT2D eigenvalue weighted by atomic mass is 16.6. The molecular formula is C18H26N4O3. The molecule has 2 aliphatic heterocycles. The summed E-state index contributed by atoms with van der Waals surface area (Å²) in [6, 6.07) is 6.12. The van der Waals surface area contributed by atoms with Gasteiger partial charge < -0.3 is 14.5 Å². The Kier molecular flexibility index (Phi) is 5.86. The fourth-order valence-corrected chi connectivity index (χ4v) is 3.29. The summed E-state index contributed by atoms with van der Waals surface area (Å²) in [4.78, 5) is 34.2. The number of hydrogen-bond donors (Lipinski definition) is 0. The van der Waals surface area contributed by atoms with Gasteiger partial charge in [0, 0.05) is 44.0 Å². The number of nitrogens with zero attached hydrogens (tertiary/aromatic N) is 4. The van der Waals surface area contributed by atoms with Crippen molar-refractivity contribution in [2.45, 2.75) is 19.8 Å². The molecule has 0 spiro atoms. The SMILES string of the molecule is Cc1cccc(CCN2CCCN(C(=O)CN3CCOC3=O)CC2)n1. The normalized spacial score (nSPS) is 19.0. The van der Waals surface area contributed by atoms with Crippen LogP contribution in [0.4, 0.5) is 4.79 Å². The van der Waals surface area contributed by atoms with Crippen LogP contribution in [0.5, 0.6) is 0 Å². The molecule has 7 heteroatoms. The van der Waals surface area contributed by atoms with E-state index in [9.17, 15) is 9.59 Å². The van der Waals surface area contributed by atoms with E-state index >= 15 is 0 Å². The van der Waals surface area contributed by atoms with E-state index in [1.165, 1.54) is 4.90 Å². The lowest BCUT2D eigenvalue weighted by molar-refractivity contribution is -0.131. The molecule has 0 saturated carbocycles. The van der Waals surface area contributed by atoms with E-state index in [1.54, 1.807) is 0 Å². The van der Waals surface area contributed by atoms with Gasteiger partial charge in [-0.3, -0.25) is 14.7 Å². The Bertz CT molecular complexity index is 622. The van der Waals surface area contributed by atoms with Gasteiger partial charge >= 0.3 is 6.09 Å². The largest absolute Gasteiger partial charge is 0.448 e. The predicted octanol–water partition coefficient (Wildman–Crippen LogP) is 0.919. The predicted molar refractivity (Wildman–Crippen MR) is 93.2 cm³/mol. The second-order valence-electron chi connectivity index (χ2n) is 6.63. The maximum atomic E-state index is 12.4. The van der Waals surface area contributed by atoms with Gasteiger partial charge in [-0.2, -0.15) is 0 Å². The van der Waals surface area contributed by atoms with E-state index in [0.29, 0.717) is 19.7 Å². The second kappa shape index (κ2) is 8.29. The lowest BCUT2D eigenvalue weighted by atomic mass is 10.2. The van der Waals surface area contributed by atoms with Crippen molar-refractivity contribution in [3.8, 4) is 0 Å².